The monoisotopic (exact) mass is 307 g/mol. The fourth-order valence-corrected chi connectivity index (χ4v) is 1.88. The molecule has 0 saturated carbocycles. The molecule has 18 heavy (non-hydrogen) atoms. The van der Waals surface area contributed by atoms with Gasteiger partial charge in [-0.2, -0.15) is 4.98 Å². The maximum absolute atomic E-state index is 5.55. The lowest BCUT2D eigenvalue weighted by molar-refractivity contribution is 0.308. The quantitative estimate of drug-likeness (QED) is 0.773. The van der Waals surface area contributed by atoms with Crippen LogP contribution in [0.4, 0.5) is 5.82 Å². The summed E-state index contributed by atoms with van der Waals surface area (Å²) < 4.78 is 10.4. The summed E-state index contributed by atoms with van der Waals surface area (Å²) >= 11 is 3.41. The van der Waals surface area contributed by atoms with Gasteiger partial charge < -0.3 is 10.3 Å². The molecule has 0 bridgehead atoms. The van der Waals surface area contributed by atoms with Crippen molar-refractivity contribution in [1.29, 1.82) is 0 Å². The van der Waals surface area contributed by atoms with Crippen LogP contribution in [0.2, 0.25) is 0 Å². The Morgan fingerprint density at radius 3 is 2.67 bits per heavy atom. The summed E-state index contributed by atoms with van der Waals surface area (Å²) in [6.45, 7) is 0. The SMILES string of the molecule is Nc1nonc1-c1nc(-c2ccccc2Br)no1. The molecular formula is C10H6BrN5O2. The average molecular weight is 308 g/mol. The molecule has 0 atom stereocenters. The lowest BCUT2D eigenvalue weighted by Gasteiger charge is -1.96. The van der Waals surface area contributed by atoms with E-state index in [0.717, 1.165) is 10.0 Å². The van der Waals surface area contributed by atoms with E-state index in [1.165, 1.54) is 0 Å². The van der Waals surface area contributed by atoms with Gasteiger partial charge in [-0.3, -0.25) is 0 Å². The first-order chi connectivity index (χ1) is 8.75. The van der Waals surface area contributed by atoms with Crippen molar-refractivity contribution >= 4 is 21.7 Å². The Morgan fingerprint density at radius 1 is 1.11 bits per heavy atom. The largest absolute Gasteiger partial charge is 0.379 e. The Balaban J connectivity index is 2.05. The van der Waals surface area contributed by atoms with E-state index in [4.69, 9.17) is 10.3 Å². The van der Waals surface area contributed by atoms with E-state index >= 15 is 0 Å². The average Bonchev–Trinajstić information content (AvgIpc) is 2.98. The van der Waals surface area contributed by atoms with Crippen LogP contribution < -0.4 is 5.73 Å². The highest BCUT2D eigenvalue weighted by Crippen LogP contribution is 2.28. The summed E-state index contributed by atoms with van der Waals surface area (Å²) in [7, 11) is 0. The lowest BCUT2D eigenvalue weighted by Crippen LogP contribution is -1.88. The van der Waals surface area contributed by atoms with Gasteiger partial charge >= 0.3 is 0 Å². The Morgan fingerprint density at radius 2 is 1.94 bits per heavy atom. The molecular weight excluding hydrogens is 302 g/mol. The van der Waals surface area contributed by atoms with E-state index in [2.05, 4.69) is 41.0 Å². The van der Waals surface area contributed by atoms with Crippen LogP contribution in [0.1, 0.15) is 0 Å². The van der Waals surface area contributed by atoms with Crippen LogP contribution in [0.15, 0.2) is 37.9 Å². The lowest BCUT2D eigenvalue weighted by atomic mass is 10.2. The number of rotatable bonds is 2. The third-order valence-electron chi connectivity index (χ3n) is 2.26. The van der Waals surface area contributed by atoms with E-state index in [1.54, 1.807) is 0 Å². The first kappa shape index (κ1) is 10.9. The number of benzene rings is 1. The Kier molecular flexibility index (Phi) is 2.56. The maximum Gasteiger partial charge on any atom is 0.284 e. The van der Waals surface area contributed by atoms with Gasteiger partial charge in [0.1, 0.15) is 0 Å². The molecule has 0 radical (unpaired) electrons. The van der Waals surface area contributed by atoms with E-state index in [0.29, 0.717) is 5.82 Å². The number of hydrogen-bond donors (Lipinski definition) is 1. The molecule has 0 aliphatic carbocycles. The zero-order chi connectivity index (χ0) is 12.5. The number of aromatic nitrogens is 4. The van der Waals surface area contributed by atoms with Crippen molar-refractivity contribution in [3.05, 3.63) is 28.7 Å². The second-order valence-electron chi connectivity index (χ2n) is 3.40. The van der Waals surface area contributed by atoms with E-state index < -0.39 is 0 Å². The summed E-state index contributed by atoms with van der Waals surface area (Å²) in [6.07, 6.45) is 0. The predicted molar refractivity (Wildman–Crippen MR) is 65.1 cm³/mol. The third kappa shape index (κ3) is 1.76. The molecule has 3 aromatic rings. The van der Waals surface area contributed by atoms with E-state index in [-0.39, 0.29) is 17.4 Å². The van der Waals surface area contributed by atoms with Crippen molar-refractivity contribution in [2.75, 3.05) is 5.73 Å². The van der Waals surface area contributed by atoms with Crippen LogP contribution in [0, 0.1) is 0 Å². The number of hydrogen-bond acceptors (Lipinski definition) is 7. The molecule has 0 saturated heterocycles. The second kappa shape index (κ2) is 4.22. The van der Waals surface area contributed by atoms with Crippen LogP contribution in [-0.4, -0.2) is 20.5 Å². The van der Waals surface area contributed by atoms with Gasteiger partial charge in [-0.25, -0.2) is 4.63 Å². The minimum absolute atomic E-state index is 0.109. The van der Waals surface area contributed by atoms with Crippen LogP contribution in [0.5, 0.6) is 0 Å². The molecule has 2 N–H and O–H groups in total. The van der Waals surface area contributed by atoms with E-state index in [9.17, 15) is 0 Å². The highest BCUT2D eigenvalue weighted by Gasteiger charge is 2.18. The molecule has 1 aromatic carbocycles. The molecule has 0 spiro atoms. The smallest absolute Gasteiger partial charge is 0.284 e. The van der Waals surface area contributed by atoms with Crippen molar-refractivity contribution < 1.29 is 9.15 Å². The molecule has 0 amide bonds. The molecule has 2 aromatic heterocycles. The fourth-order valence-electron chi connectivity index (χ4n) is 1.42. The van der Waals surface area contributed by atoms with Crippen molar-refractivity contribution in [3.63, 3.8) is 0 Å². The molecule has 90 valence electrons. The zero-order valence-corrected chi connectivity index (χ0v) is 10.5. The van der Waals surface area contributed by atoms with Crippen molar-refractivity contribution in [1.82, 2.24) is 20.5 Å². The van der Waals surface area contributed by atoms with Crippen LogP contribution >= 0.6 is 15.9 Å². The normalized spacial score (nSPS) is 10.7. The summed E-state index contributed by atoms with van der Waals surface area (Å²) in [5.74, 6) is 0.705. The van der Waals surface area contributed by atoms with Gasteiger partial charge in [-0.1, -0.05) is 33.2 Å². The number of nitrogens with two attached hydrogens (primary N) is 1. The Bertz CT molecular complexity index is 693. The number of nitrogen functional groups attached to an aromatic ring is 1. The van der Waals surface area contributed by atoms with Crippen molar-refractivity contribution in [3.8, 4) is 23.0 Å². The summed E-state index contributed by atoms with van der Waals surface area (Å²) in [5, 5.41) is 10.9. The minimum atomic E-state index is 0.109. The Labute approximate surface area is 109 Å². The molecule has 0 aliphatic heterocycles. The predicted octanol–water partition coefficient (Wildman–Crippen LogP) is 2.13. The van der Waals surface area contributed by atoms with E-state index in [1.807, 2.05) is 24.3 Å². The van der Waals surface area contributed by atoms with Crippen LogP contribution in [0.3, 0.4) is 0 Å². The second-order valence-corrected chi connectivity index (χ2v) is 4.26. The highest BCUT2D eigenvalue weighted by atomic mass is 79.9. The zero-order valence-electron chi connectivity index (χ0n) is 8.87. The van der Waals surface area contributed by atoms with Gasteiger partial charge in [0.05, 0.1) is 0 Å². The molecule has 0 aliphatic rings. The van der Waals surface area contributed by atoms with Crippen LogP contribution in [0.25, 0.3) is 23.0 Å². The maximum atomic E-state index is 5.55. The number of halogens is 1. The topological polar surface area (TPSA) is 104 Å². The van der Waals surface area contributed by atoms with Gasteiger partial charge in [0.2, 0.25) is 17.3 Å². The van der Waals surface area contributed by atoms with Gasteiger partial charge in [-0.15, -0.1) is 0 Å². The summed E-state index contributed by atoms with van der Waals surface area (Å²) in [4.78, 5) is 4.19. The number of nitrogens with zero attached hydrogens (tertiary/aromatic N) is 4. The minimum Gasteiger partial charge on any atom is -0.379 e. The Hall–Kier alpha value is -2.22. The summed E-state index contributed by atoms with van der Waals surface area (Å²) in [6, 6.07) is 7.52. The van der Waals surface area contributed by atoms with Crippen molar-refractivity contribution in [2.45, 2.75) is 0 Å². The van der Waals surface area contributed by atoms with Gasteiger partial charge in [0, 0.05) is 10.0 Å². The third-order valence-corrected chi connectivity index (χ3v) is 2.95. The standard InChI is InChI=1S/C10H6BrN5O2/c11-6-4-2-1-3-5(6)9-13-10(17-16-9)7-8(12)15-18-14-7/h1-4H,(H2,12,15). The molecule has 7 nitrogen and oxygen atoms in total. The van der Waals surface area contributed by atoms with Gasteiger partial charge in [0.15, 0.2) is 0 Å². The number of anilines is 1. The molecule has 8 heteroatoms. The first-order valence-corrected chi connectivity index (χ1v) is 5.72. The fraction of sp³-hybridized carbons (Fsp3) is 0. The van der Waals surface area contributed by atoms with Gasteiger partial charge in [0.25, 0.3) is 5.89 Å². The van der Waals surface area contributed by atoms with Crippen molar-refractivity contribution in [2.24, 2.45) is 0 Å². The molecule has 3 rings (SSSR count). The first-order valence-electron chi connectivity index (χ1n) is 4.92. The molecule has 0 fully saturated rings. The highest BCUT2D eigenvalue weighted by molar-refractivity contribution is 9.10. The molecule has 0 unspecified atom stereocenters. The molecule has 2 heterocycles. The van der Waals surface area contributed by atoms with Gasteiger partial charge in [-0.05, 0) is 22.4 Å². The summed E-state index contributed by atoms with van der Waals surface area (Å²) in [5.41, 5.74) is 6.59. The van der Waals surface area contributed by atoms with Crippen LogP contribution in [-0.2, 0) is 0 Å².